The lowest BCUT2D eigenvalue weighted by molar-refractivity contribution is -0.174. The van der Waals surface area contributed by atoms with Gasteiger partial charge in [-0.3, -0.25) is 14.5 Å². The molecule has 1 aliphatic heterocycles. The number of rotatable bonds is 3. The number of alkyl halides is 3. The van der Waals surface area contributed by atoms with Gasteiger partial charge in [0.2, 0.25) is 5.91 Å². The van der Waals surface area contributed by atoms with Crippen molar-refractivity contribution < 1.29 is 32.7 Å². The summed E-state index contributed by atoms with van der Waals surface area (Å²) in [6, 6.07) is 3.46. The second-order valence-electron chi connectivity index (χ2n) is 8.56. The Hall–Kier alpha value is -2.78. The number of amides is 3. The van der Waals surface area contributed by atoms with Crippen molar-refractivity contribution in [1.29, 1.82) is 0 Å². The Morgan fingerprint density at radius 3 is 2.43 bits per heavy atom. The minimum absolute atomic E-state index is 0.327. The normalized spacial score (nSPS) is 21.5. The van der Waals surface area contributed by atoms with Crippen LogP contribution >= 0.6 is 0 Å². The van der Waals surface area contributed by atoms with Gasteiger partial charge in [-0.25, -0.2) is 4.79 Å². The van der Waals surface area contributed by atoms with Gasteiger partial charge < -0.3 is 15.3 Å². The molecule has 3 rings (SSSR count). The van der Waals surface area contributed by atoms with Crippen molar-refractivity contribution in [2.24, 2.45) is 0 Å². The number of aryl methyl sites for hydroxylation is 1. The molecule has 1 saturated heterocycles. The number of halogens is 3. The van der Waals surface area contributed by atoms with Gasteiger partial charge in [0.25, 0.3) is 0 Å². The van der Waals surface area contributed by atoms with E-state index in [4.69, 9.17) is 0 Å². The zero-order valence-corrected chi connectivity index (χ0v) is 16.9. The highest BCUT2D eigenvalue weighted by Gasteiger charge is 2.44. The summed E-state index contributed by atoms with van der Waals surface area (Å²) in [5, 5.41) is 11.6. The minimum Gasteiger partial charge on any atom is -0.465 e. The maximum atomic E-state index is 13.0. The number of hydrogen-bond donors (Lipinski definition) is 2. The Kier molecular flexibility index (Phi) is 5.46. The Bertz CT molecular complexity index is 879. The molecule has 1 aromatic carbocycles. The van der Waals surface area contributed by atoms with Crippen LogP contribution in [0.4, 0.5) is 23.7 Å². The molecule has 1 aromatic rings. The lowest BCUT2D eigenvalue weighted by Crippen LogP contribution is -2.54. The van der Waals surface area contributed by atoms with Gasteiger partial charge in [0.05, 0.1) is 6.04 Å². The molecule has 3 amide bonds. The summed E-state index contributed by atoms with van der Waals surface area (Å²) in [6.07, 6.45) is -4.94. The Labute approximate surface area is 171 Å². The monoisotopic (exact) mass is 427 g/mol. The minimum atomic E-state index is -4.94. The van der Waals surface area contributed by atoms with Crippen molar-refractivity contribution in [2.75, 3.05) is 11.4 Å². The molecular weight excluding hydrogens is 403 g/mol. The highest BCUT2D eigenvalue weighted by molar-refractivity contribution is 6.01. The standard InChI is InChI=1S/C20H24F3N3O4/c1-19(2,3)26(18(29)30)15-8-9-25(16(15)27)12-5-6-13-11(10-12)4-7-14(13)24-17(28)20(21,22)23/h5-6,10,14-15H,4,7-9H2,1-3H3,(H,24,28)(H,29,30)/t14?,15-/m0/s1. The summed E-state index contributed by atoms with van der Waals surface area (Å²) < 4.78 is 37.6. The van der Waals surface area contributed by atoms with Crippen LogP contribution in [0.3, 0.4) is 0 Å². The zero-order valence-electron chi connectivity index (χ0n) is 16.9. The van der Waals surface area contributed by atoms with Crippen molar-refractivity contribution in [3.05, 3.63) is 29.3 Å². The molecule has 2 aliphatic rings. The molecule has 1 fully saturated rings. The summed E-state index contributed by atoms with van der Waals surface area (Å²) in [5.41, 5.74) is 1.19. The first-order valence-corrected chi connectivity index (χ1v) is 9.65. The lowest BCUT2D eigenvalue weighted by atomic mass is 10.0. The number of carbonyl (C=O) groups is 3. The largest absolute Gasteiger partial charge is 0.471 e. The van der Waals surface area contributed by atoms with Crippen LogP contribution in [0.1, 0.15) is 50.8 Å². The van der Waals surface area contributed by atoms with E-state index in [0.29, 0.717) is 37.1 Å². The Morgan fingerprint density at radius 2 is 1.87 bits per heavy atom. The first-order valence-electron chi connectivity index (χ1n) is 9.65. The van der Waals surface area contributed by atoms with Crippen LogP contribution in [0.2, 0.25) is 0 Å². The zero-order chi connectivity index (χ0) is 22.4. The molecular formula is C20H24F3N3O4. The molecule has 1 aliphatic carbocycles. The molecule has 7 nitrogen and oxygen atoms in total. The van der Waals surface area contributed by atoms with Crippen LogP contribution in [0.25, 0.3) is 0 Å². The highest BCUT2D eigenvalue weighted by atomic mass is 19.4. The summed E-state index contributed by atoms with van der Waals surface area (Å²) >= 11 is 0. The predicted molar refractivity (Wildman–Crippen MR) is 102 cm³/mol. The third kappa shape index (κ3) is 4.08. The second-order valence-corrected chi connectivity index (χ2v) is 8.56. The van der Waals surface area contributed by atoms with Crippen LogP contribution in [-0.4, -0.2) is 52.2 Å². The molecule has 0 bridgehead atoms. The highest BCUT2D eigenvalue weighted by Crippen LogP contribution is 2.36. The van der Waals surface area contributed by atoms with Crippen LogP contribution < -0.4 is 10.2 Å². The van der Waals surface area contributed by atoms with E-state index in [9.17, 15) is 32.7 Å². The number of nitrogens with one attached hydrogen (secondary N) is 1. The van der Waals surface area contributed by atoms with E-state index in [2.05, 4.69) is 0 Å². The molecule has 10 heteroatoms. The average molecular weight is 427 g/mol. The molecule has 0 aromatic heterocycles. The van der Waals surface area contributed by atoms with Crippen molar-refractivity contribution in [3.8, 4) is 0 Å². The van der Waals surface area contributed by atoms with E-state index >= 15 is 0 Å². The number of carboxylic acid groups (broad SMARTS) is 1. The van der Waals surface area contributed by atoms with Crippen LogP contribution in [0.15, 0.2) is 18.2 Å². The summed E-state index contributed by atoms with van der Waals surface area (Å²) in [6.45, 7) is 5.52. The maximum Gasteiger partial charge on any atom is 0.471 e. The molecule has 1 unspecified atom stereocenters. The van der Waals surface area contributed by atoms with Gasteiger partial charge in [-0.1, -0.05) is 6.07 Å². The molecule has 0 spiro atoms. The van der Waals surface area contributed by atoms with Gasteiger partial charge in [0.15, 0.2) is 0 Å². The fourth-order valence-electron chi connectivity index (χ4n) is 4.21. The number of fused-ring (bicyclic) bond motifs is 1. The summed E-state index contributed by atoms with van der Waals surface area (Å²) in [5.74, 6) is -2.30. The van der Waals surface area contributed by atoms with Crippen LogP contribution in [-0.2, 0) is 16.0 Å². The molecule has 2 N–H and O–H groups in total. The van der Waals surface area contributed by atoms with Crippen molar-refractivity contribution >= 4 is 23.6 Å². The molecule has 0 radical (unpaired) electrons. The topological polar surface area (TPSA) is 90.0 Å². The molecule has 2 atom stereocenters. The number of hydrogen-bond acceptors (Lipinski definition) is 3. The average Bonchev–Trinajstić information content (AvgIpc) is 3.16. The molecule has 0 saturated carbocycles. The first-order chi connectivity index (χ1) is 13.8. The fraction of sp³-hybridized carbons (Fsp3) is 0.550. The van der Waals surface area contributed by atoms with Crippen molar-refractivity contribution in [1.82, 2.24) is 10.2 Å². The van der Waals surface area contributed by atoms with Crippen molar-refractivity contribution in [2.45, 2.75) is 63.8 Å². The number of carbonyl (C=O) groups excluding carboxylic acids is 2. The SMILES string of the molecule is CC(C)(C)N(C(=O)O)[C@H]1CCN(c2ccc3c(c2)CCC3NC(=O)C(F)(F)F)C1=O. The summed E-state index contributed by atoms with van der Waals surface area (Å²) in [7, 11) is 0. The van der Waals surface area contributed by atoms with Crippen LogP contribution in [0.5, 0.6) is 0 Å². The summed E-state index contributed by atoms with van der Waals surface area (Å²) in [4.78, 5) is 38.6. The number of benzene rings is 1. The molecule has 164 valence electrons. The smallest absolute Gasteiger partial charge is 0.465 e. The second kappa shape index (κ2) is 7.48. The van der Waals surface area contributed by atoms with E-state index in [0.717, 1.165) is 10.5 Å². The van der Waals surface area contributed by atoms with E-state index < -0.39 is 35.8 Å². The fourth-order valence-corrected chi connectivity index (χ4v) is 4.21. The van der Waals surface area contributed by atoms with E-state index in [1.807, 2.05) is 5.32 Å². The van der Waals surface area contributed by atoms with Gasteiger partial charge >= 0.3 is 18.2 Å². The predicted octanol–water partition coefficient (Wildman–Crippen LogP) is 3.24. The first kappa shape index (κ1) is 21.9. The van der Waals surface area contributed by atoms with Gasteiger partial charge in [-0.05, 0) is 63.3 Å². The lowest BCUT2D eigenvalue weighted by Gasteiger charge is -2.36. The Morgan fingerprint density at radius 1 is 1.20 bits per heavy atom. The van der Waals surface area contributed by atoms with Gasteiger partial charge in [0.1, 0.15) is 6.04 Å². The van der Waals surface area contributed by atoms with Crippen LogP contribution in [0, 0.1) is 0 Å². The van der Waals surface area contributed by atoms with Gasteiger partial charge in [0, 0.05) is 17.8 Å². The molecule has 30 heavy (non-hydrogen) atoms. The Balaban J connectivity index is 1.79. The quantitative estimate of drug-likeness (QED) is 0.775. The van der Waals surface area contributed by atoms with E-state index in [1.165, 1.54) is 4.90 Å². The maximum absolute atomic E-state index is 13.0. The van der Waals surface area contributed by atoms with Gasteiger partial charge in [-0.2, -0.15) is 13.2 Å². The van der Waals surface area contributed by atoms with Crippen molar-refractivity contribution in [3.63, 3.8) is 0 Å². The van der Waals surface area contributed by atoms with E-state index in [1.54, 1.807) is 39.0 Å². The third-order valence-electron chi connectivity index (χ3n) is 5.50. The third-order valence-corrected chi connectivity index (χ3v) is 5.50. The van der Waals surface area contributed by atoms with E-state index in [-0.39, 0.29) is 5.91 Å². The number of nitrogens with zero attached hydrogens (tertiary/aromatic N) is 2. The molecule has 1 heterocycles. The number of anilines is 1. The van der Waals surface area contributed by atoms with Gasteiger partial charge in [-0.15, -0.1) is 0 Å².